The van der Waals surface area contributed by atoms with Crippen LogP contribution in [0.15, 0.2) is 65.6 Å². The molecule has 0 radical (unpaired) electrons. The molecule has 0 spiro atoms. The molecular formula is C22H22N4O2S. The van der Waals surface area contributed by atoms with Gasteiger partial charge >= 0.3 is 0 Å². The van der Waals surface area contributed by atoms with Crippen LogP contribution >= 0.6 is 11.9 Å². The highest BCUT2D eigenvalue weighted by molar-refractivity contribution is 7.97. The minimum Gasteiger partial charge on any atom is -0.398 e. The predicted molar refractivity (Wildman–Crippen MR) is 118 cm³/mol. The number of benzene rings is 3. The molecule has 0 atom stereocenters. The summed E-state index contributed by atoms with van der Waals surface area (Å²) >= 11 is 1.61. The Bertz CT molecular complexity index is 1060. The number of nitrogen functional groups attached to an aromatic ring is 1. The number of anilines is 1. The monoisotopic (exact) mass is 406 g/mol. The highest BCUT2D eigenvalue weighted by atomic mass is 32.2. The van der Waals surface area contributed by atoms with Crippen molar-refractivity contribution in [3.05, 3.63) is 71.8 Å². The van der Waals surface area contributed by atoms with E-state index in [1.807, 2.05) is 48.7 Å². The molecular weight excluding hydrogens is 384 g/mol. The van der Waals surface area contributed by atoms with Crippen molar-refractivity contribution in [1.29, 1.82) is 0 Å². The van der Waals surface area contributed by atoms with E-state index in [-0.39, 0.29) is 5.56 Å². The van der Waals surface area contributed by atoms with Gasteiger partial charge in [-0.15, -0.1) is 0 Å². The quantitative estimate of drug-likeness (QED) is 0.429. The van der Waals surface area contributed by atoms with Crippen LogP contribution in [-0.4, -0.2) is 30.2 Å². The number of carbonyl (C=O) groups excluding carboxylic acids is 2. The predicted octanol–water partition coefficient (Wildman–Crippen LogP) is 3.37. The molecule has 0 bridgehead atoms. The van der Waals surface area contributed by atoms with Gasteiger partial charge < -0.3 is 17.2 Å². The van der Waals surface area contributed by atoms with Crippen molar-refractivity contribution < 1.29 is 9.59 Å². The normalized spacial score (nSPS) is 10.9. The zero-order chi connectivity index (χ0) is 21.1. The van der Waals surface area contributed by atoms with Gasteiger partial charge in [-0.2, -0.15) is 0 Å². The van der Waals surface area contributed by atoms with Gasteiger partial charge in [0.25, 0.3) is 5.91 Å². The number of primary amides is 2. The molecule has 0 aromatic heterocycles. The lowest BCUT2D eigenvalue weighted by Gasteiger charge is -2.14. The highest BCUT2D eigenvalue weighted by Gasteiger charge is 2.15. The maximum Gasteiger partial charge on any atom is 0.250 e. The summed E-state index contributed by atoms with van der Waals surface area (Å²) in [6.45, 7) is 0. The second-order valence-electron chi connectivity index (χ2n) is 6.72. The molecule has 3 aromatic carbocycles. The van der Waals surface area contributed by atoms with Crippen LogP contribution in [-0.2, 0) is 0 Å². The van der Waals surface area contributed by atoms with E-state index in [1.54, 1.807) is 42.3 Å². The molecule has 0 aliphatic rings. The maximum absolute atomic E-state index is 12.0. The average Bonchev–Trinajstić information content (AvgIpc) is 2.68. The molecule has 3 rings (SSSR count). The van der Waals surface area contributed by atoms with Crippen molar-refractivity contribution in [1.82, 2.24) is 4.31 Å². The summed E-state index contributed by atoms with van der Waals surface area (Å²) in [6.07, 6.45) is 0. The molecule has 0 aliphatic carbocycles. The summed E-state index contributed by atoms with van der Waals surface area (Å²) in [5.41, 5.74) is 21.3. The van der Waals surface area contributed by atoms with Crippen molar-refractivity contribution in [2.75, 3.05) is 19.8 Å². The molecule has 0 heterocycles. The van der Waals surface area contributed by atoms with Crippen LogP contribution in [0.5, 0.6) is 0 Å². The van der Waals surface area contributed by atoms with Crippen LogP contribution in [0.3, 0.4) is 0 Å². The fourth-order valence-corrected chi connectivity index (χ4v) is 3.68. The smallest absolute Gasteiger partial charge is 0.250 e. The number of nitrogens with zero attached hydrogens (tertiary/aromatic N) is 1. The van der Waals surface area contributed by atoms with Crippen molar-refractivity contribution >= 4 is 29.4 Å². The van der Waals surface area contributed by atoms with Gasteiger partial charge in [-0.1, -0.05) is 24.3 Å². The molecule has 7 heteroatoms. The van der Waals surface area contributed by atoms with Crippen LogP contribution in [0, 0.1) is 0 Å². The molecule has 148 valence electrons. The first kappa shape index (κ1) is 20.4. The summed E-state index contributed by atoms with van der Waals surface area (Å²) in [6, 6.07) is 18.3. The van der Waals surface area contributed by atoms with E-state index >= 15 is 0 Å². The third-order valence-corrected chi connectivity index (χ3v) is 5.25. The number of nitrogens with two attached hydrogens (primary N) is 3. The van der Waals surface area contributed by atoms with Gasteiger partial charge in [0.05, 0.1) is 11.3 Å². The first-order valence-corrected chi connectivity index (χ1v) is 9.63. The maximum atomic E-state index is 12.0. The lowest BCUT2D eigenvalue weighted by molar-refractivity contribution is 0.0992. The average molecular weight is 407 g/mol. The van der Waals surface area contributed by atoms with Gasteiger partial charge in [-0.05, 0) is 79.1 Å². The standard InChI is InChI=1S/C22H22N4O2S/c1-26(2)29-17-9-7-14(8-10-17)18-11-16(12-19(20(18)23)22(25)28)13-3-5-15(6-4-13)21(24)27/h3-12H,23H2,1-2H3,(H2,24,27)(H2,25,28). The van der Waals surface area contributed by atoms with E-state index in [2.05, 4.69) is 0 Å². The van der Waals surface area contributed by atoms with Gasteiger partial charge in [-0.25, -0.2) is 0 Å². The second kappa shape index (κ2) is 8.38. The Hall–Kier alpha value is -3.29. The molecule has 0 saturated heterocycles. The molecule has 2 amide bonds. The van der Waals surface area contributed by atoms with Crippen LogP contribution in [0.1, 0.15) is 20.7 Å². The number of hydrogen-bond donors (Lipinski definition) is 3. The Labute approximate surface area is 173 Å². The van der Waals surface area contributed by atoms with Gasteiger partial charge in [0.2, 0.25) is 5.91 Å². The molecule has 0 unspecified atom stereocenters. The Morgan fingerprint density at radius 2 is 1.38 bits per heavy atom. The van der Waals surface area contributed by atoms with Gasteiger partial charge in [0, 0.05) is 16.0 Å². The fourth-order valence-electron chi connectivity index (χ4n) is 3.00. The van der Waals surface area contributed by atoms with E-state index in [0.717, 1.165) is 27.1 Å². The number of carbonyl (C=O) groups is 2. The molecule has 6 nitrogen and oxygen atoms in total. The third-order valence-electron chi connectivity index (χ3n) is 4.40. The topological polar surface area (TPSA) is 115 Å². The summed E-state index contributed by atoms with van der Waals surface area (Å²) in [4.78, 5) is 24.4. The van der Waals surface area contributed by atoms with Crippen LogP contribution in [0.2, 0.25) is 0 Å². The van der Waals surface area contributed by atoms with E-state index in [0.29, 0.717) is 11.3 Å². The SMILES string of the molecule is CN(C)Sc1ccc(-c2cc(-c3ccc(C(N)=O)cc3)cc(C(N)=O)c2N)cc1. The van der Waals surface area contributed by atoms with Gasteiger partial charge in [0.15, 0.2) is 0 Å². The van der Waals surface area contributed by atoms with E-state index in [4.69, 9.17) is 17.2 Å². The zero-order valence-corrected chi connectivity index (χ0v) is 17.0. The fraction of sp³-hybridized carbons (Fsp3) is 0.0909. The summed E-state index contributed by atoms with van der Waals surface area (Å²) in [5.74, 6) is -1.10. The Morgan fingerprint density at radius 3 is 1.90 bits per heavy atom. The minimum atomic E-state index is -0.598. The Morgan fingerprint density at radius 1 is 0.793 bits per heavy atom. The van der Waals surface area contributed by atoms with Crippen molar-refractivity contribution in [2.45, 2.75) is 4.90 Å². The van der Waals surface area contributed by atoms with Crippen molar-refractivity contribution in [3.8, 4) is 22.3 Å². The first-order chi connectivity index (χ1) is 13.8. The Kier molecular flexibility index (Phi) is 5.91. The molecule has 6 N–H and O–H groups in total. The number of rotatable bonds is 6. The van der Waals surface area contributed by atoms with Gasteiger partial charge in [0.1, 0.15) is 0 Å². The summed E-state index contributed by atoms with van der Waals surface area (Å²) in [5, 5.41) is 0. The largest absolute Gasteiger partial charge is 0.398 e. The zero-order valence-electron chi connectivity index (χ0n) is 16.2. The van der Waals surface area contributed by atoms with Crippen LogP contribution < -0.4 is 17.2 Å². The second-order valence-corrected chi connectivity index (χ2v) is 8.10. The van der Waals surface area contributed by atoms with E-state index < -0.39 is 11.8 Å². The lowest BCUT2D eigenvalue weighted by atomic mass is 9.93. The van der Waals surface area contributed by atoms with Crippen LogP contribution in [0.25, 0.3) is 22.3 Å². The number of hydrogen-bond acceptors (Lipinski definition) is 5. The minimum absolute atomic E-state index is 0.253. The first-order valence-electron chi connectivity index (χ1n) is 8.85. The van der Waals surface area contributed by atoms with Crippen LogP contribution in [0.4, 0.5) is 5.69 Å². The molecule has 29 heavy (non-hydrogen) atoms. The molecule has 0 saturated carbocycles. The highest BCUT2D eigenvalue weighted by Crippen LogP contribution is 2.35. The summed E-state index contributed by atoms with van der Waals surface area (Å²) < 4.78 is 2.00. The Balaban J connectivity index is 2.09. The third kappa shape index (κ3) is 4.59. The summed E-state index contributed by atoms with van der Waals surface area (Å²) in [7, 11) is 3.95. The van der Waals surface area contributed by atoms with E-state index in [1.165, 1.54) is 0 Å². The lowest BCUT2D eigenvalue weighted by Crippen LogP contribution is -2.14. The molecule has 0 aliphatic heterocycles. The number of amides is 2. The van der Waals surface area contributed by atoms with Crippen molar-refractivity contribution in [2.24, 2.45) is 11.5 Å². The van der Waals surface area contributed by atoms with Crippen molar-refractivity contribution in [3.63, 3.8) is 0 Å². The van der Waals surface area contributed by atoms with Gasteiger partial charge in [-0.3, -0.25) is 13.9 Å². The molecule has 0 fully saturated rings. The molecule has 3 aromatic rings. The van der Waals surface area contributed by atoms with E-state index in [9.17, 15) is 9.59 Å².